The Balaban J connectivity index is 1.95. The predicted octanol–water partition coefficient (Wildman–Crippen LogP) is 5.43. The largest absolute Gasteiger partial charge is 0.375 e. The lowest BCUT2D eigenvalue weighted by molar-refractivity contribution is 0.898. The highest BCUT2D eigenvalue weighted by Gasteiger charge is 2.15. The fraction of sp³-hybridized carbons (Fsp3) is 0.188. The molecule has 1 atom stereocenters. The third kappa shape index (κ3) is 2.39. The molecule has 0 fully saturated rings. The first-order valence-electron chi connectivity index (χ1n) is 6.52. The molecule has 4 heteroatoms. The van der Waals surface area contributed by atoms with E-state index < -0.39 is 0 Å². The molecular formula is C16H15ClN2S. The minimum atomic E-state index is 0.203. The smallest absolute Gasteiger partial charge is 0.152 e. The van der Waals surface area contributed by atoms with Crippen molar-refractivity contribution in [3.8, 4) is 0 Å². The average molecular weight is 303 g/mol. The van der Waals surface area contributed by atoms with Crippen LogP contribution in [-0.2, 0) is 0 Å². The SMILES string of the molecule is Cc1c(C(C)Nc2cccnc2Cl)sc2ccccc12. The summed E-state index contributed by atoms with van der Waals surface area (Å²) in [5, 5.41) is 5.29. The highest BCUT2D eigenvalue weighted by Crippen LogP contribution is 2.36. The predicted molar refractivity (Wildman–Crippen MR) is 87.8 cm³/mol. The fourth-order valence-corrected chi connectivity index (χ4v) is 3.79. The summed E-state index contributed by atoms with van der Waals surface area (Å²) in [6.45, 7) is 4.33. The van der Waals surface area contributed by atoms with E-state index in [9.17, 15) is 0 Å². The van der Waals surface area contributed by atoms with Crippen molar-refractivity contribution in [3.05, 3.63) is 58.2 Å². The number of aromatic nitrogens is 1. The van der Waals surface area contributed by atoms with E-state index in [0.717, 1.165) is 5.69 Å². The van der Waals surface area contributed by atoms with Gasteiger partial charge >= 0.3 is 0 Å². The van der Waals surface area contributed by atoms with Gasteiger partial charge in [-0.05, 0) is 43.0 Å². The molecule has 1 unspecified atom stereocenters. The standard InChI is InChI=1S/C16H15ClN2S/c1-10-12-6-3-4-8-14(12)20-15(10)11(2)19-13-7-5-9-18-16(13)17/h3-9,11,19H,1-2H3. The maximum atomic E-state index is 6.10. The highest BCUT2D eigenvalue weighted by atomic mass is 35.5. The van der Waals surface area contributed by atoms with Gasteiger partial charge in [-0.15, -0.1) is 11.3 Å². The van der Waals surface area contributed by atoms with Crippen LogP contribution in [0.2, 0.25) is 5.15 Å². The molecule has 0 radical (unpaired) electrons. The summed E-state index contributed by atoms with van der Waals surface area (Å²) in [6.07, 6.45) is 1.70. The maximum absolute atomic E-state index is 6.10. The summed E-state index contributed by atoms with van der Waals surface area (Å²) in [6, 6.07) is 12.6. The average Bonchev–Trinajstić information content (AvgIpc) is 2.79. The van der Waals surface area contributed by atoms with Gasteiger partial charge in [-0.1, -0.05) is 29.8 Å². The molecule has 20 heavy (non-hydrogen) atoms. The molecule has 2 nitrogen and oxygen atoms in total. The number of anilines is 1. The Hall–Kier alpha value is -1.58. The van der Waals surface area contributed by atoms with E-state index in [-0.39, 0.29) is 6.04 Å². The molecule has 0 aliphatic heterocycles. The second-order valence-electron chi connectivity index (χ2n) is 4.80. The molecule has 0 spiro atoms. The Morgan fingerprint density at radius 3 is 2.75 bits per heavy atom. The number of halogens is 1. The van der Waals surface area contributed by atoms with E-state index in [1.54, 1.807) is 6.20 Å². The molecule has 102 valence electrons. The zero-order chi connectivity index (χ0) is 14.1. The van der Waals surface area contributed by atoms with Crippen molar-refractivity contribution in [2.75, 3.05) is 5.32 Å². The van der Waals surface area contributed by atoms with Gasteiger partial charge in [-0.25, -0.2) is 4.98 Å². The first kappa shape index (κ1) is 13.4. The molecule has 0 bridgehead atoms. The van der Waals surface area contributed by atoms with Crippen LogP contribution in [0, 0.1) is 6.92 Å². The molecule has 3 aromatic rings. The minimum absolute atomic E-state index is 0.203. The van der Waals surface area contributed by atoms with E-state index in [2.05, 4.69) is 48.4 Å². The number of benzene rings is 1. The summed E-state index contributed by atoms with van der Waals surface area (Å²) < 4.78 is 1.32. The lowest BCUT2D eigenvalue weighted by Gasteiger charge is -2.15. The second kappa shape index (κ2) is 5.43. The molecular weight excluding hydrogens is 288 g/mol. The van der Waals surface area contributed by atoms with Gasteiger partial charge in [0.1, 0.15) is 0 Å². The molecule has 0 saturated heterocycles. The van der Waals surface area contributed by atoms with Crippen molar-refractivity contribution in [2.45, 2.75) is 19.9 Å². The summed E-state index contributed by atoms with van der Waals surface area (Å²) in [7, 11) is 0. The van der Waals surface area contributed by atoms with Gasteiger partial charge in [0, 0.05) is 15.8 Å². The van der Waals surface area contributed by atoms with Crippen molar-refractivity contribution in [1.29, 1.82) is 0 Å². The minimum Gasteiger partial charge on any atom is -0.375 e. The van der Waals surface area contributed by atoms with Crippen LogP contribution >= 0.6 is 22.9 Å². The van der Waals surface area contributed by atoms with Gasteiger partial charge in [-0.2, -0.15) is 0 Å². The number of pyridine rings is 1. The van der Waals surface area contributed by atoms with E-state index in [1.165, 1.54) is 20.5 Å². The van der Waals surface area contributed by atoms with Crippen LogP contribution in [0.25, 0.3) is 10.1 Å². The van der Waals surface area contributed by atoms with Crippen LogP contribution in [0.4, 0.5) is 5.69 Å². The molecule has 3 rings (SSSR count). The third-order valence-corrected chi connectivity index (χ3v) is 5.16. The van der Waals surface area contributed by atoms with Crippen molar-refractivity contribution in [1.82, 2.24) is 4.98 Å². The molecule has 1 N–H and O–H groups in total. The van der Waals surface area contributed by atoms with Crippen molar-refractivity contribution in [2.24, 2.45) is 0 Å². The first-order chi connectivity index (χ1) is 9.66. The fourth-order valence-electron chi connectivity index (χ4n) is 2.40. The van der Waals surface area contributed by atoms with Crippen LogP contribution < -0.4 is 5.32 Å². The monoisotopic (exact) mass is 302 g/mol. The second-order valence-corrected chi connectivity index (χ2v) is 6.24. The van der Waals surface area contributed by atoms with Crippen LogP contribution in [0.15, 0.2) is 42.6 Å². The number of hydrogen-bond donors (Lipinski definition) is 1. The number of thiophene rings is 1. The van der Waals surface area contributed by atoms with E-state index >= 15 is 0 Å². The number of nitrogens with zero attached hydrogens (tertiary/aromatic N) is 1. The molecule has 2 heterocycles. The molecule has 0 saturated carbocycles. The summed E-state index contributed by atoms with van der Waals surface area (Å²) >= 11 is 7.94. The Morgan fingerprint density at radius 1 is 1.20 bits per heavy atom. The van der Waals surface area contributed by atoms with Crippen LogP contribution in [-0.4, -0.2) is 4.98 Å². The maximum Gasteiger partial charge on any atom is 0.152 e. The molecule has 0 aliphatic rings. The van der Waals surface area contributed by atoms with Gasteiger partial charge in [0.05, 0.1) is 11.7 Å². The van der Waals surface area contributed by atoms with Gasteiger partial charge < -0.3 is 5.32 Å². The lowest BCUT2D eigenvalue weighted by atomic mass is 10.1. The Bertz CT molecular complexity index is 751. The number of nitrogens with one attached hydrogen (secondary N) is 1. The molecule has 0 aliphatic carbocycles. The van der Waals surface area contributed by atoms with Gasteiger partial charge in [-0.3, -0.25) is 0 Å². The number of fused-ring (bicyclic) bond motifs is 1. The van der Waals surface area contributed by atoms with Gasteiger partial charge in [0.15, 0.2) is 5.15 Å². The zero-order valence-electron chi connectivity index (χ0n) is 11.4. The van der Waals surface area contributed by atoms with Crippen molar-refractivity contribution >= 4 is 38.7 Å². The summed E-state index contributed by atoms with van der Waals surface area (Å²) in [4.78, 5) is 5.44. The van der Waals surface area contributed by atoms with Crippen LogP contribution in [0.5, 0.6) is 0 Å². The Morgan fingerprint density at radius 2 is 2.00 bits per heavy atom. The van der Waals surface area contributed by atoms with E-state index in [1.807, 2.05) is 23.5 Å². The number of aryl methyl sites for hydroxylation is 1. The van der Waals surface area contributed by atoms with Gasteiger partial charge in [0.2, 0.25) is 0 Å². The molecule has 2 aromatic heterocycles. The van der Waals surface area contributed by atoms with Crippen molar-refractivity contribution < 1.29 is 0 Å². The van der Waals surface area contributed by atoms with Crippen LogP contribution in [0.3, 0.4) is 0 Å². The first-order valence-corrected chi connectivity index (χ1v) is 7.71. The molecule has 0 amide bonds. The van der Waals surface area contributed by atoms with Crippen molar-refractivity contribution in [3.63, 3.8) is 0 Å². The number of hydrogen-bond acceptors (Lipinski definition) is 3. The lowest BCUT2D eigenvalue weighted by Crippen LogP contribution is -2.06. The quantitative estimate of drug-likeness (QED) is 0.652. The van der Waals surface area contributed by atoms with E-state index in [4.69, 9.17) is 11.6 Å². The Kier molecular flexibility index (Phi) is 3.64. The molecule has 1 aromatic carbocycles. The number of rotatable bonds is 3. The highest BCUT2D eigenvalue weighted by molar-refractivity contribution is 7.19. The van der Waals surface area contributed by atoms with Gasteiger partial charge in [0.25, 0.3) is 0 Å². The summed E-state index contributed by atoms with van der Waals surface area (Å²) in [5.41, 5.74) is 2.21. The normalized spacial score (nSPS) is 12.6. The van der Waals surface area contributed by atoms with E-state index in [0.29, 0.717) is 5.15 Å². The van der Waals surface area contributed by atoms with Crippen LogP contribution in [0.1, 0.15) is 23.4 Å². The topological polar surface area (TPSA) is 24.9 Å². The summed E-state index contributed by atoms with van der Waals surface area (Å²) in [5.74, 6) is 0. The zero-order valence-corrected chi connectivity index (χ0v) is 12.9. The third-order valence-electron chi connectivity index (χ3n) is 3.40. The Labute approximate surface area is 127 Å².